The minimum Gasteiger partial charge on any atom is -0.369 e. The van der Waals surface area contributed by atoms with Crippen molar-refractivity contribution in [1.82, 2.24) is 5.32 Å². The van der Waals surface area contributed by atoms with Gasteiger partial charge in [0.1, 0.15) is 0 Å². The lowest BCUT2D eigenvalue weighted by Gasteiger charge is -2.25. The van der Waals surface area contributed by atoms with Crippen LogP contribution in [-0.2, 0) is 9.59 Å². The largest absolute Gasteiger partial charge is 0.369 e. The highest BCUT2D eigenvalue weighted by Crippen LogP contribution is 2.15. The number of carbonyl (C=O) groups is 2. The molecule has 2 unspecified atom stereocenters. The second-order valence-electron chi connectivity index (χ2n) is 3.09. The molecule has 5 nitrogen and oxygen atoms in total. The molecular formula is C7H14ClN3O2. The van der Waals surface area contributed by atoms with Crippen molar-refractivity contribution >= 4 is 24.2 Å². The first-order chi connectivity index (χ1) is 5.61. The van der Waals surface area contributed by atoms with Crippen LogP contribution in [-0.4, -0.2) is 24.9 Å². The second kappa shape index (κ2) is 5.04. The maximum absolute atomic E-state index is 10.8. The van der Waals surface area contributed by atoms with Crippen molar-refractivity contribution in [3.63, 3.8) is 0 Å². The van der Waals surface area contributed by atoms with Crippen molar-refractivity contribution in [1.29, 1.82) is 0 Å². The van der Waals surface area contributed by atoms with Crippen molar-refractivity contribution in [2.45, 2.75) is 6.42 Å². The highest BCUT2D eigenvalue weighted by molar-refractivity contribution is 5.85. The molecule has 0 aromatic rings. The Labute approximate surface area is 82.6 Å². The molecule has 13 heavy (non-hydrogen) atoms. The zero-order valence-electron chi connectivity index (χ0n) is 7.16. The van der Waals surface area contributed by atoms with Gasteiger partial charge in [-0.05, 0) is 6.42 Å². The van der Waals surface area contributed by atoms with E-state index < -0.39 is 0 Å². The SMILES string of the molecule is Cl.NC(=O)C1CNCC(C(N)=O)C1. The summed E-state index contributed by atoms with van der Waals surface area (Å²) in [5.41, 5.74) is 10.2. The topological polar surface area (TPSA) is 98.2 Å². The standard InChI is InChI=1S/C7H13N3O2.ClH/c8-6(11)4-1-5(7(9)12)3-10-2-4;/h4-5,10H,1-3H2,(H2,8,11)(H2,9,12);1H. The van der Waals surface area contributed by atoms with Crippen LogP contribution < -0.4 is 16.8 Å². The molecule has 0 bridgehead atoms. The van der Waals surface area contributed by atoms with Gasteiger partial charge >= 0.3 is 0 Å². The summed E-state index contributed by atoms with van der Waals surface area (Å²) < 4.78 is 0. The molecule has 0 aromatic carbocycles. The molecule has 0 aliphatic carbocycles. The molecule has 1 rings (SSSR count). The molecule has 1 saturated heterocycles. The van der Waals surface area contributed by atoms with E-state index in [0.29, 0.717) is 19.5 Å². The fourth-order valence-corrected chi connectivity index (χ4v) is 1.38. The number of amides is 2. The van der Waals surface area contributed by atoms with Crippen LogP contribution in [0.25, 0.3) is 0 Å². The van der Waals surface area contributed by atoms with Gasteiger partial charge in [-0.1, -0.05) is 0 Å². The molecule has 1 heterocycles. The molecule has 5 N–H and O–H groups in total. The summed E-state index contributed by atoms with van der Waals surface area (Å²) in [5.74, 6) is -1.24. The lowest BCUT2D eigenvalue weighted by molar-refractivity contribution is -0.126. The number of rotatable bonds is 2. The Morgan fingerprint density at radius 3 is 1.77 bits per heavy atom. The Kier molecular flexibility index (Phi) is 4.72. The van der Waals surface area contributed by atoms with Crippen LogP contribution in [0.15, 0.2) is 0 Å². The van der Waals surface area contributed by atoms with Gasteiger partial charge in [-0.25, -0.2) is 0 Å². The first-order valence-corrected chi connectivity index (χ1v) is 3.90. The van der Waals surface area contributed by atoms with Gasteiger partial charge in [0.05, 0.1) is 11.8 Å². The number of piperidine rings is 1. The Hall–Kier alpha value is -0.810. The van der Waals surface area contributed by atoms with Crippen LogP contribution in [0.4, 0.5) is 0 Å². The first kappa shape index (κ1) is 12.2. The van der Waals surface area contributed by atoms with E-state index in [1.54, 1.807) is 0 Å². The highest BCUT2D eigenvalue weighted by Gasteiger charge is 2.28. The van der Waals surface area contributed by atoms with Gasteiger partial charge in [0, 0.05) is 13.1 Å². The summed E-state index contributed by atoms with van der Waals surface area (Å²) in [5, 5.41) is 2.95. The minimum absolute atomic E-state index is 0. The van der Waals surface area contributed by atoms with Crippen LogP contribution in [0.2, 0.25) is 0 Å². The molecule has 0 radical (unpaired) electrons. The number of nitrogens with two attached hydrogens (primary N) is 2. The Morgan fingerprint density at radius 1 is 1.08 bits per heavy atom. The first-order valence-electron chi connectivity index (χ1n) is 3.90. The summed E-state index contributed by atoms with van der Waals surface area (Å²) >= 11 is 0. The van der Waals surface area contributed by atoms with Crippen molar-refractivity contribution in [3.8, 4) is 0 Å². The van der Waals surface area contributed by atoms with Crippen LogP contribution >= 0.6 is 12.4 Å². The average Bonchev–Trinajstić information content (AvgIpc) is 2.04. The Bertz CT molecular complexity index is 190. The minimum atomic E-state index is -0.367. The van der Waals surface area contributed by atoms with Crippen LogP contribution in [0.3, 0.4) is 0 Å². The van der Waals surface area contributed by atoms with E-state index in [-0.39, 0.29) is 36.1 Å². The van der Waals surface area contributed by atoms with Gasteiger partial charge in [0.25, 0.3) is 0 Å². The summed E-state index contributed by atoms with van der Waals surface area (Å²) in [6.45, 7) is 1.11. The van der Waals surface area contributed by atoms with E-state index in [2.05, 4.69) is 5.32 Å². The third kappa shape index (κ3) is 3.20. The second-order valence-corrected chi connectivity index (χ2v) is 3.09. The maximum Gasteiger partial charge on any atom is 0.221 e. The molecule has 76 valence electrons. The Balaban J connectivity index is 0.00000144. The number of carbonyl (C=O) groups excluding carboxylic acids is 2. The van der Waals surface area contributed by atoms with Crippen LogP contribution in [0, 0.1) is 11.8 Å². The summed E-state index contributed by atoms with van der Waals surface area (Å²) in [6, 6.07) is 0. The third-order valence-electron chi connectivity index (χ3n) is 2.16. The van der Waals surface area contributed by atoms with E-state index in [4.69, 9.17) is 11.5 Å². The fraction of sp³-hybridized carbons (Fsp3) is 0.714. The fourth-order valence-electron chi connectivity index (χ4n) is 1.38. The van der Waals surface area contributed by atoms with E-state index in [1.807, 2.05) is 0 Å². The number of halogens is 1. The van der Waals surface area contributed by atoms with Gasteiger partial charge in [0.15, 0.2) is 0 Å². The van der Waals surface area contributed by atoms with E-state index in [9.17, 15) is 9.59 Å². The van der Waals surface area contributed by atoms with Gasteiger partial charge < -0.3 is 16.8 Å². The van der Waals surface area contributed by atoms with E-state index in [0.717, 1.165) is 0 Å². The zero-order chi connectivity index (χ0) is 9.14. The van der Waals surface area contributed by atoms with Crippen molar-refractivity contribution in [3.05, 3.63) is 0 Å². The monoisotopic (exact) mass is 207 g/mol. The van der Waals surface area contributed by atoms with Crippen molar-refractivity contribution in [2.24, 2.45) is 23.3 Å². The lowest BCUT2D eigenvalue weighted by atomic mass is 9.90. The van der Waals surface area contributed by atoms with Crippen LogP contribution in [0.1, 0.15) is 6.42 Å². The molecule has 6 heteroatoms. The summed E-state index contributed by atoms with van der Waals surface area (Å²) in [4.78, 5) is 21.5. The van der Waals surface area contributed by atoms with Gasteiger partial charge in [-0.15, -0.1) is 12.4 Å². The summed E-state index contributed by atoms with van der Waals surface area (Å²) in [7, 11) is 0. The molecule has 1 fully saturated rings. The smallest absolute Gasteiger partial charge is 0.221 e. The van der Waals surface area contributed by atoms with Crippen molar-refractivity contribution < 1.29 is 9.59 Å². The number of primary amides is 2. The highest BCUT2D eigenvalue weighted by atomic mass is 35.5. The molecule has 0 saturated carbocycles. The van der Waals surface area contributed by atoms with Gasteiger partial charge in [0.2, 0.25) is 11.8 Å². The maximum atomic E-state index is 10.8. The van der Waals surface area contributed by atoms with Crippen molar-refractivity contribution in [2.75, 3.05) is 13.1 Å². The predicted molar refractivity (Wildman–Crippen MR) is 50.1 cm³/mol. The molecule has 0 spiro atoms. The number of hydrogen-bond acceptors (Lipinski definition) is 3. The molecule has 1 aliphatic rings. The zero-order valence-corrected chi connectivity index (χ0v) is 7.97. The third-order valence-corrected chi connectivity index (χ3v) is 2.16. The molecular weight excluding hydrogens is 194 g/mol. The normalized spacial score (nSPS) is 27.4. The lowest BCUT2D eigenvalue weighted by Crippen LogP contribution is -2.46. The van der Waals surface area contributed by atoms with Gasteiger partial charge in [-0.3, -0.25) is 9.59 Å². The molecule has 2 amide bonds. The predicted octanol–water partition coefficient (Wildman–Crippen LogP) is -1.40. The Morgan fingerprint density at radius 2 is 1.46 bits per heavy atom. The van der Waals surface area contributed by atoms with Gasteiger partial charge in [-0.2, -0.15) is 0 Å². The van der Waals surface area contributed by atoms with Crippen LogP contribution in [0.5, 0.6) is 0 Å². The molecule has 2 atom stereocenters. The van der Waals surface area contributed by atoms with E-state index >= 15 is 0 Å². The average molecular weight is 208 g/mol. The summed E-state index contributed by atoms with van der Waals surface area (Å²) in [6.07, 6.45) is 0.484. The quantitative estimate of drug-likeness (QED) is 0.520. The molecule has 1 aliphatic heterocycles. The van der Waals surface area contributed by atoms with E-state index in [1.165, 1.54) is 0 Å². The number of nitrogens with one attached hydrogen (secondary N) is 1. The molecule has 0 aromatic heterocycles. The number of hydrogen-bond donors (Lipinski definition) is 3.